The van der Waals surface area contributed by atoms with Crippen molar-refractivity contribution in [2.24, 2.45) is 22.4 Å². The number of hydrogen-bond donors (Lipinski definition) is 4. The second-order valence-electron chi connectivity index (χ2n) is 11.3. The third-order valence-electron chi connectivity index (χ3n) is 8.41. The van der Waals surface area contributed by atoms with E-state index in [0.29, 0.717) is 38.4 Å². The minimum atomic E-state index is -0.581. The molecule has 2 amide bonds. The molecular weight excluding hydrogens is 500 g/mol. The van der Waals surface area contributed by atoms with Gasteiger partial charge in [-0.05, 0) is 42.7 Å². The lowest BCUT2D eigenvalue weighted by Crippen LogP contribution is -2.54. The maximum atomic E-state index is 14.1. The molecule has 6 N–H and O–H groups in total. The zero-order chi connectivity index (χ0) is 28.3. The number of nitrogens with two attached hydrogens (primary N) is 2. The predicted octanol–water partition coefficient (Wildman–Crippen LogP) is 3.52. The number of carbonyl (C=O) groups is 2. The van der Waals surface area contributed by atoms with Crippen LogP contribution in [0, 0.1) is 5.92 Å². The van der Waals surface area contributed by atoms with Gasteiger partial charge in [-0.25, -0.2) is 4.99 Å². The van der Waals surface area contributed by atoms with Crippen molar-refractivity contribution in [3.63, 3.8) is 0 Å². The van der Waals surface area contributed by atoms with Gasteiger partial charge >= 0.3 is 0 Å². The molecule has 1 aliphatic heterocycles. The van der Waals surface area contributed by atoms with Gasteiger partial charge in [-0.15, -0.1) is 0 Å². The molecule has 0 radical (unpaired) electrons. The van der Waals surface area contributed by atoms with E-state index in [1.165, 1.54) is 19.3 Å². The quantitative estimate of drug-likeness (QED) is 0.253. The number of nitrogens with zero attached hydrogens (tertiary/aromatic N) is 2. The molecule has 2 fully saturated rings. The van der Waals surface area contributed by atoms with E-state index < -0.39 is 12.1 Å². The first-order valence-corrected chi connectivity index (χ1v) is 14.9. The van der Waals surface area contributed by atoms with E-state index >= 15 is 0 Å². The summed E-state index contributed by atoms with van der Waals surface area (Å²) in [5, 5.41) is 6.69. The number of carbonyl (C=O) groups excluding carboxylic acids is 2. The van der Waals surface area contributed by atoms with Crippen LogP contribution in [-0.2, 0) is 9.59 Å². The molecule has 2 aromatic rings. The number of hydrogen-bond acceptors (Lipinski definition) is 4. The molecule has 1 aliphatic carbocycles. The van der Waals surface area contributed by atoms with Gasteiger partial charge in [-0.3, -0.25) is 14.9 Å². The monoisotopic (exact) mass is 546 g/mol. The molecule has 8 heteroatoms. The number of aliphatic imine (C=N–C) groups is 1. The summed E-state index contributed by atoms with van der Waals surface area (Å²) in [6.07, 6.45) is 7.91. The molecule has 1 saturated heterocycles. The van der Waals surface area contributed by atoms with Gasteiger partial charge in [0.2, 0.25) is 11.8 Å². The van der Waals surface area contributed by atoms with Crippen LogP contribution in [-0.4, -0.2) is 60.4 Å². The molecule has 1 unspecified atom stereocenters. The summed E-state index contributed by atoms with van der Waals surface area (Å²) in [6, 6.07) is 19.6. The molecule has 2 aromatic carbocycles. The Morgan fingerprint density at radius 3 is 2.20 bits per heavy atom. The zero-order valence-corrected chi connectivity index (χ0v) is 23.8. The van der Waals surface area contributed by atoms with Crippen molar-refractivity contribution in [2.45, 2.75) is 82.3 Å². The maximum absolute atomic E-state index is 14.1. The molecule has 0 aromatic heterocycles. The molecule has 0 bridgehead atoms. The van der Waals surface area contributed by atoms with Crippen LogP contribution in [0.1, 0.15) is 75.3 Å². The lowest BCUT2D eigenvalue weighted by molar-refractivity contribution is -0.133. The summed E-state index contributed by atoms with van der Waals surface area (Å²) in [5.41, 5.74) is 13.9. The summed E-state index contributed by atoms with van der Waals surface area (Å²) in [6.45, 7) is 3.59. The van der Waals surface area contributed by atoms with Gasteiger partial charge in [0.1, 0.15) is 6.04 Å². The van der Waals surface area contributed by atoms with Crippen LogP contribution in [0.25, 0.3) is 0 Å². The molecule has 1 saturated carbocycles. The van der Waals surface area contributed by atoms with Crippen LogP contribution in [0.4, 0.5) is 0 Å². The third kappa shape index (κ3) is 8.31. The fourth-order valence-corrected chi connectivity index (χ4v) is 6.20. The Morgan fingerprint density at radius 2 is 1.62 bits per heavy atom. The van der Waals surface area contributed by atoms with Crippen LogP contribution in [0.15, 0.2) is 65.7 Å². The van der Waals surface area contributed by atoms with Gasteiger partial charge in [-0.2, -0.15) is 0 Å². The Balaban J connectivity index is 1.52. The molecule has 1 heterocycles. The highest BCUT2D eigenvalue weighted by molar-refractivity contribution is 5.84. The fraction of sp³-hybridized carbons (Fsp3) is 0.531. The van der Waals surface area contributed by atoms with Crippen molar-refractivity contribution in [2.75, 3.05) is 19.6 Å². The highest BCUT2D eigenvalue weighted by Gasteiger charge is 2.37. The first kappa shape index (κ1) is 29.6. The largest absolute Gasteiger partial charge is 0.370 e. The van der Waals surface area contributed by atoms with E-state index in [4.69, 9.17) is 11.5 Å². The van der Waals surface area contributed by atoms with Gasteiger partial charge in [-0.1, -0.05) is 86.8 Å². The van der Waals surface area contributed by atoms with Crippen LogP contribution in [0.3, 0.4) is 0 Å². The summed E-state index contributed by atoms with van der Waals surface area (Å²) >= 11 is 0. The van der Waals surface area contributed by atoms with E-state index in [-0.39, 0.29) is 29.7 Å². The minimum Gasteiger partial charge on any atom is -0.370 e. The van der Waals surface area contributed by atoms with E-state index in [1.807, 2.05) is 48.2 Å². The lowest BCUT2D eigenvalue weighted by Gasteiger charge is -2.31. The standard InChI is InChI=1S/C32H46N6O2/c1-2-28(37-32(33)34)30-31(40)38(22-27(24-14-8-4-9-15-24)25-16-10-5-11-17-25)19-18-26(36-30)21-35-29(39)20-23-12-6-3-7-13-23/h4-5,8-11,14-17,23,26-28,30,36H,2-3,6-7,12-13,18-22H2,1H3,(H,35,39)(H4,33,34,37)/t26-,28?,30-/m0/s1. The predicted molar refractivity (Wildman–Crippen MR) is 161 cm³/mol. The molecule has 0 spiro atoms. The fourth-order valence-electron chi connectivity index (χ4n) is 6.20. The Morgan fingerprint density at radius 1 is 1.00 bits per heavy atom. The Kier molecular flexibility index (Phi) is 11.0. The van der Waals surface area contributed by atoms with Crippen molar-refractivity contribution in [3.8, 4) is 0 Å². The number of rotatable bonds is 11. The number of benzene rings is 2. The average Bonchev–Trinajstić information content (AvgIpc) is 3.13. The van der Waals surface area contributed by atoms with Gasteiger partial charge in [0.15, 0.2) is 5.96 Å². The van der Waals surface area contributed by atoms with Crippen LogP contribution in [0.2, 0.25) is 0 Å². The van der Waals surface area contributed by atoms with Gasteiger partial charge < -0.3 is 21.7 Å². The van der Waals surface area contributed by atoms with Crippen LogP contribution < -0.4 is 22.1 Å². The van der Waals surface area contributed by atoms with Crippen molar-refractivity contribution < 1.29 is 9.59 Å². The SMILES string of the molecule is CCC(N=C(N)N)[C@@H]1N[C@H](CNC(=O)CC2CCCCC2)CCN(CC(c2ccccc2)c2ccccc2)C1=O. The number of guanidine groups is 1. The molecule has 4 rings (SSSR count). The third-order valence-corrected chi connectivity index (χ3v) is 8.41. The van der Waals surface area contributed by atoms with Gasteiger partial charge in [0, 0.05) is 38.0 Å². The van der Waals surface area contributed by atoms with Crippen LogP contribution >= 0.6 is 0 Å². The molecule has 216 valence electrons. The topological polar surface area (TPSA) is 126 Å². The van der Waals surface area contributed by atoms with Crippen molar-refractivity contribution >= 4 is 17.8 Å². The summed E-state index contributed by atoms with van der Waals surface area (Å²) in [5.74, 6) is 0.578. The first-order chi connectivity index (χ1) is 19.4. The van der Waals surface area contributed by atoms with Crippen LogP contribution in [0.5, 0.6) is 0 Å². The van der Waals surface area contributed by atoms with Crippen molar-refractivity contribution in [3.05, 3.63) is 71.8 Å². The Hall–Kier alpha value is -3.39. The van der Waals surface area contributed by atoms with Crippen molar-refractivity contribution in [1.29, 1.82) is 0 Å². The summed E-state index contributed by atoms with van der Waals surface area (Å²) in [4.78, 5) is 33.2. The van der Waals surface area contributed by atoms with Crippen molar-refractivity contribution in [1.82, 2.24) is 15.5 Å². The average molecular weight is 547 g/mol. The second kappa shape index (κ2) is 14.8. The molecule has 2 aliphatic rings. The Labute approximate surface area is 239 Å². The Bertz CT molecular complexity index is 1060. The second-order valence-corrected chi connectivity index (χ2v) is 11.3. The highest BCUT2D eigenvalue weighted by Crippen LogP contribution is 2.28. The molecule has 40 heavy (non-hydrogen) atoms. The molecule has 8 nitrogen and oxygen atoms in total. The smallest absolute Gasteiger partial charge is 0.241 e. The minimum absolute atomic E-state index is 0.00950. The van der Waals surface area contributed by atoms with Gasteiger partial charge in [0.05, 0.1) is 6.04 Å². The zero-order valence-electron chi connectivity index (χ0n) is 23.8. The molecular formula is C32H46N6O2. The maximum Gasteiger partial charge on any atom is 0.241 e. The lowest BCUT2D eigenvalue weighted by atomic mass is 9.87. The van der Waals surface area contributed by atoms with Gasteiger partial charge in [0.25, 0.3) is 0 Å². The summed E-state index contributed by atoms with van der Waals surface area (Å²) < 4.78 is 0. The summed E-state index contributed by atoms with van der Waals surface area (Å²) in [7, 11) is 0. The number of nitrogens with one attached hydrogen (secondary N) is 2. The van der Waals surface area contributed by atoms with E-state index in [2.05, 4.69) is 39.9 Å². The highest BCUT2D eigenvalue weighted by atomic mass is 16.2. The number of amides is 2. The first-order valence-electron chi connectivity index (χ1n) is 14.9. The normalized spacial score (nSPS) is 21.1. The van der Waals surface area contributed by atoms with E-state index in [1.54, 1.807) is 0 Å². The van der Waals surface area contributed by atoms with E-state index in [9.17, 15) is 9.59 Å². The van der Waals surface area contributed by atoms with E-state index in [0.717, 1.165) is 30.4 Å². The molecule has 3 atom stereocenters.